The van der Waals surface area contributed by atoms with Gasteiger partial charge in [0.1, 0.15) is 5.82 Å². The van der Waals surface area contributed by atoms with Gasteiger partial charge in [-0.2, -0.15) is 5.10 Å². The van der Waals surface area contributed by atoms with E-state index in [1.54, 1.807) is 0 Å². The summed E-state index contributed by atoms with van der Waals surface area (Å²) in [6.07, 6.45) is 3.17. The summed E-state index contributed by atoms with van der Waals surface area (Å²) in [5.74, 6) is 0.735. The molecule has 0 fully saturated rings. The Hall–Kier alpha value is -2.30. The molecule has 1 aromatic carbocycles. The van der Waals surface area contributed by atoms with Crippen molar-refractivity contribution < 1.29 is 4.79 Å². The Morgan fingerprint density at radius 3 is 2.91 bits per heavy atom. The lowest BCUT2D eigenvalue weighted by molar-refractivity contribution is 0.247. The molecule has 2 N–H and O–H groups in total. The van der Waals surface area contributed by atoms with E-state index < -0.39 is 0 Å². The van der Waals surface area contributed by atoms with E-state index in [0.29, 0.717) is 0 Å². The zero-order valence-corrected chi connectivity index (χ0v) is 14.0. The second-order valence-electron chi connectivity index (χ2n) is 6.45. The highest BCUT2D eigenvalue weighted by Crippen LogP contribution is 2.29. The summed E-state index contributed by atoms with van der Waals surface area (Å²) in [6.45, 7) is 6.03. The molecule has 1 aromatic heterocycles. The molecule has 5 heteroatoms. The molecule has 2 amide bonds. The van der Waals surface area contributed by atoms with Gasteiger partial charge in [0.15, 0.2) is 0 Å². The maximum Gasteiger partial charge on any atom is 0.320 e. The van der Waals surface area contributed by atoms with Gasteiger partial charge >= 0.3 is 6.03 Å². The van der Waals surface area contributed by atoms with Crippen molar-refractivity contribution in [1.82, 2.24) is 15.1 Å². The van der Waals surface area contributed by atoms with Crippen molar-refractivity contribution in [1.29, 1.82) is 0 Å². The van der Waals surface area contributed by atoms with Crippen molar-refractivity contribution in [2.45, 2.75) is 52.1 Å². The van der Waals surface area contributed by atoms with Crippen LogP contribution in [0.1, 0.15) is 55.6 Å². The van der Waals surface area contributed by atoms with E-state index in [1.165, 1.54) is 11.1 Å². The number of hydrogen-bond acceptors (Lipinski definition) is 2. The molecule has 122 valence electrons. The molecule has 23 heavy (non-hydrogen) atoms. The van der Waals surface area contributed by atoms with Gasteiger partial charge in [0.25, 0.3) is 0 Å². The van der Waals surface area contributed by atoms with Crippen LogP contribution < -0.4 is 10.6 Å². The number of hydrogen-bond donors (Lipinski definition) is 2. The van der Waals surface area contributed by atoms with Gasteiger partial charge in [0.05, 0.1) is 11.7 Å². The van der Waals surface area contributed by atoms with Gasteiger partial charge in [0, 0.05) is 12.1 Å². The second-order valence-corrected chi connectivity index (χ2v) is 6.45. The average Bonchev–Trinajstić information content (AvgIpc) is 2.88. The summed E-state index contributed by atoms with van der Waals surface area (Å²) in [4.78, 5) is 12.4. The zero-order chi connectivity index (χ0) is 16.4. The Morgan fingerprint density at radius 2 is 2.13 bits per heavy atom. The topological polar surface area (TPSA) is 59.0 Å². The highest BCUT2D eigenvalue weighted by Gasteiger charge is 2.22. The largest absolute Gasteiger partial charge is 0.331 e. The fourth-order valence-corrected chi connectivity index (χ4v) is 3.22. The number of nitrogens with zero attached hydrogens (tertiary/aromatic N) is 2. The molecule has 1 heterocycles. The lowest BCUT2D eigenvalue weighted by atomic mass is 9.88. The molecule has 0 saturated heterocycles. The molecule has 0 saturated carbocycles. The number of carbonyl (C=O) groups excluding carboxylic acids is 1. The predicted molar refractivity (Wildman–Crippen MR) is 91.6 cm³/mol. The second kappa shape index (κ2) is 6.44. The summed E-state index contributed by atoms with van der Waals surface area (Å²) in [5.41, 5.74) is 3.48. The summed E-state index contributed by atoms with van der Waals surface area (Å²) < 4.78 is 1.84. The van der Waals surface area contributed by atoms with Crippen LogP contribution in [0.25, 0.3) is 0 Å². The molecule has 0 spiro atoms. The quantitative estimate of drug-likeness (QED) is 0.901. The summed E-state index contributed by atoms with van der Waals surface area (Å²) in [7, 11) is 0. The molecule has 0 bridgehead atoms. The van der Waals surface area contributed by atoms with Crippen LogP contribution in [0.4, 0.5) is 10.6 Å². The average molecular weight is 312 g/mol. The van der Waals surface area contributed by atoms with E-state index in [4.69, 9.17) is 0 Å². The van der Waals surface area contributed by atoms with Crippen LogP contribution >= 0.6 is 0 Å². The van der Waals surface area contributed by atoms with Gasteiger partial charge < -0.3 is 5.32 Å². The molecule has 1 aliphatic rings. The van der Waals surface area contributed by atoms with Crippen molar-refractivity contribution in [3.63, 3.8) is 0 Å². The van der Waals surface area contributed by atoms with Crippen LogP contribution in [0.2, 0.25) is 0 Å². The smallest absolute Gasteiger partial charge is 0.320 e. The lowest BCUT2D eigenvalue weighted by Gasteiger charge is -2.26. The molecule has 1 aliphatic carbocycles. The summed E-state index contributed by atoms with van der Waals surface area (Å²) in [5, 5.41) is 10.5. The van der Waals surface area contributed by atoms with Crippen LogP contribution in [0.3, 0.4) is 0 Å². The number of aryl methyl sites for hydroxylation is 2. The van der Waals surface area contributed by atoms with Crippen molar-refractivity contribution in [3.8, 4) is 0 Å². The molecule has 0 radical (unpaired) electrons. The monoisotopic (exact) mass is 312 g/mol. The van der Waals surface area contributed by atoms with E-state index in [1.807, 2.05) is 37.6 Å². The molecule has 1 atom stereocenters. The predicted octanol–water partition coefficient (Wildman–Crippen LogP) is 3.97. The molecule has 0 aliphatic heterocycles. The highest BCUT2D eigenvalue weighted by atomic mass is 16.2. The maximum absolute atomic E-state index is 12.4. The Morgan fingerprint density at radius 1 is 1.35 bits per heavy atom. The van der Waals surface area contributed by atoms with Crippen molar-refractivity contribution >= 4 is 11.8 Å². The van der Waals surface area contributed by atoms with E-state index in [-0.39, 0.29) is 18.1 Å². The first-order chi connectivity index (χ1) is 11.0. The molecule has 0 unspecified atom stereocenters. The van der Waals surface area contributed by atoms with E-state index in [9.17, 15) is 4.79 Å². The standard InChI is InChI=1S/C18H24N4O/c1-12(2)22-17(11-13(3)21-22)20-18(23)19-16-10-6-8-14-7-4-5-9-15(14)16/h4-5,7,9,11-12,16H,6,8,10H2,1-3H3,(H2,19,20,23)/t16-/m0/s1. The normalized spacial score (nSPS) is 17.0. The molecule has 5 nitrogen and oxygen atoms in total. The fourth-order valence-electron chi connectivity index (χ4n) is 3.22. The first-order valence-electron chi connectivity index (χ1n) is 8.26. The van der Waals surface area contributed by atoms with Gasteiger partial charge in [-0.15, -0.1) is 0 Å². The minimum Gasteiger partial charge on any atom is -0.331 e. The third kappa shape index (κ3) is 3.38. The number of benzene rings is 1. The van der Waals surface area contributed by atoms with Crippen LogP contribution in [-0.4, -0.2) is 15.8 Å². The van der Waals surface area contributed by atoms with Crippen LogP contribution in [0.5, 0.6) is 0 Å². The van der Waals surface area contributed by atoms with E-state index in [2.05, 4.69) is 33.9 Å². The number of amides is 2. The third-order valence-electron chi connectivity index (χ3n) is 4.26. The Labute approximate surface area is 137 Å². The van der Waals surface area contributed by atoms with Crippen molar-refractivity contribution in [3.05, 3.63) is 47.2 Å². The molecule has 3 rings (SSSR count). The van der Waals surface area contributed by atoms with Crippen LogP contribution in [-0.2, 0) is 6.42 Å². The van der Waals surface area contributed by atoms with Gasteiger partial charge in [-0.3, -0.25) is 5.32 Å². The van der Waals surface area contributed by atoms with Crippen LogP contribution in [0.15, 0.2) is 30.3 Å². The minimum atomic E-state index is -0.173. The van der Waals surface area contributed by atoms with Gasteiger partial charge in [0.2, 0.25) is 0 Å². The first kappa shape index (κ1) is 15.6. The Kier molecular flexibility index (Phi) is 4.37. The maximum atomic E-state index is 12.4. The summed E-state index contributed by atoms with van der Waals surface area (Å²) in [6, 6.07) is 10.4. The number of nitrogens with one attached hydrogen (secondary N) is 2. The van der Waals surface area contributed by atoms with E-state index in [0.717, 1.165) is 30.8 Å². The van der Waals surface area contributed by atoms with Gasteiger partial charge in [-0.25, -0.2) is 9.48 Å². The number of aromatic nitrogens is 2. The highest BCUT2D eigenvalue weighted by molar-refractivity contribution is 5.88. The zero-order valence-electron chi connectivity index (χ0n) is 14.0. The number of urea groups is 1. The minimum absolute atomic E-state index is 0.0801. The van der Waals surface area contributed by atoms with Crippen LogP contribution in [0, 0.1) is 6.92 Å². The number of carbonyl (C=O) groups is 1. The molecule has 2 aromatic rings. The Bertz CT molecular complexity index is 705. The molecular weight excluding hydrogens is 288 g/mol. The van der Waals surface area contributed by atoms with E-state index >= 15 is 0 Å². The lowest BCUT2D eigenvalue weighted by Crippen LogP contribution is -2.35. The van der Waals surface area contributed by atoms with Gasteiger partial charge in [-0.1, -0.05) is 24.3 Å². The number of rotatable bonds is 3. The third-order valence-corrected chi connectivity index (χ3v) is 4.26. The Balaban J connectivity index is 1.71. The van der Waals surface area contributed by atoms with Gasteiger partial charge in [-0.05, 0) is 51.2 Å². The molecular formula is C18H24N4O. The first-order valence-corrected chi connectivity index (χ1v) is 8.26. The van der Waals surface area contributed by atoms with Crippen molar-refractivity contribution in [2.75, 3.05) is 5.32 Å². The fraction of sp³-hybridized carbons (Fsp3) is 0.444. The summed E-state index contributed by atoms with van der Waals surface area (Å²) >= 11 is 0. The SMILES string of the molecule is Cc1cc(NC(=O)N[C@H]2CCCc3ccccc32)n(C(C)C)n1. The van der Waals surface area contributed by atoms with Crippen molar-refractivity contribution in [2.24, 2.45) is 0 Å². The number of fused-ring (bicyclic) bond motifs is 1. The number of anilines is 1.